The van der Waals surface area contributed by atoms with Crippen molar-refractivity contribution in [1.82, 2.24) is 24.8 Å². The molecule has 2 aromatic heterocycles. The quantitative estimate of drug-likeness (QED) is 0.122. The van der Waals surface area contributed by atoms with E-state index in [1.54, 1.807) is 18.2 Å². The summed E-state index contributed by atoms with van der Waals surface area (Å²) < 4.78 is 34.6. The maximum atomic E-state index is 14.4. The predicted octanol–water partition coefficient (Wildman–Crippen LogP) is 7.02. The van der Waals surface area contributed by atoms with E-state index in [-0.39, 0.29) is 29.8 Å². The first-order valence-electron chi connectivity index (χ1n) is 19.4. The summed E-state index contributed by atoms with van der Waals surface area (Å²) in [5.41, 5.74) is 2.53. The average Bonchev–Trinajstić information content (AvgIpc) is 3.51. The summed E-state index contributed by atoms with van der Waals surface area (Å²) >= 11 is 0. The second-order valence-corrected chi connectivity index (χ2v) is 15.1. The molecule has 2 aliphatic heterocycles. The summed E-state index contributed by atoms with van der Waals surface area (Å²) in [4.78, 5) is 28.1. The van der Waals surface area contributed by atoms with Gasteiger partial charge in [0.1, 0.15) is 24.1 Å². The highest BCUT2D eigenvalue weighted by molar-refractivity contribution is 5.98. The number of nitriles is 1. The minimum absolute atomic E-state index is 0.0200. The first-order valence-corrected chi connectivity index (χ1v) is 19.4. The fraction of sp³-hybridized carbons (Fsp3) is 0.524. The molecule has 0 spiro atoms. The van der Waals surface area contributed by atoms with Crippen LogP contribution in [0.15, 0.2) is 54.6 Å². The number of nitrogens with one attached hydrogen (secondary N) is 1. The molecule has 0 radical (unpaired) electrons. The van der Waals surface area contributed by atoms with Crippen LogP contribution < -0.4 is 15.0 Å². The second-order valence-electron chi connectivity index (χ2n) is 15.1. The van der Waals surface area contributed by atoms with E-state index in [0.29, 0.717) is 36.7 Å². The molecule has 4 aromatic rings. The molecule has 12 heteroatoms. The maximum absolute atomic E-state index is 14.4. The fourth-order valence-corrected chi connectivity index (χ4v) is 6.80. The molecule has 288 valence electrons. The fourth-order valence-electron chi connectivity index (χ4n) is 6.80. The van der Waals surface area contributed by atoms with Crippen molar-refractivity contribution in [3.8, 4) is 11.9 Å². The first kappa shape index (κ1) is 39.1. The lowest BCUT2D eigenvalue weighted by Crippen LogP contribution is -2.47. The summed E-state index contributed by atoms with van der Waals surface area (Å²) in [6.07, 6.45) is 4.56. The molecule has 54 heavy (non-hydrogen) atoms. The predicted molar refractivity (Wildman–Crippen MR) is 207 cm³/mol. The van der Waals surface area contributed by atoms with Gasteiger partial charge in [0.2, 0.25) is 5.88 Å². The van der Waals surface area contributed by atoms with E-state index in [4.69, 9.17) is 29.4 Å². The molecule has 1 amide bonds. The summed E-state index contributed by atoms with van der Waals surface area (Å²) in [6.45, 7) is 16.6. The minimum atomic E-state index is -0.473. The smallest absolute Gasteiger partial charge is 0.251 e. The van der Waals surface area contributed by atoms with Crippen molar-refractivity contribution < 1.29 is 23.4 Å². The normalized spacial score (nSPS) is 17.5. The molecule has 0 aliphatic carbocycles. The lowest BCUT2D eigenvalue weighted by Gasteiger charge is -2.35. The Bertz CT molecular complexity index is 1940. The molecule has 11 nitrogen and oxygen atoms in total. The molecule has 0 bridgehead atoms. The van der Waals surface area contributed by atoms with Crippen LogP contribution in [0.3, 0.4) is 0 Å². The summed E-state index contributed by atoms with van der Waals surface area (Å²) in [6, 6.07) is 17.7. The Kier molecular flexibility index (Phi) is 12.5. The zero-order valence-corrected chi connectivity index (χ0v) is 32.4. The molecule has 2 saturated heterocycles. The highest BCUT2D eigenvalue weighted by Gasteiger charge is 2.29. The van der Waals surface area contributed by atoms with Crippen molar-refractivity contribution in [2.75, 3.05) is 44.3 Å². The highest BCUT2D eigenvalue weighted by atomic mass is 19.1. The van der Waals surface area contributed by atoms with Crippen LogP contribution in [0.2, 0.25) is 0 Å². The molecular weight excluding hydrogens is 686 g/mol. The van der Waals surface area contributed by atoms with E-state index in [9.17, 15) is 9.18 Å². The third kappa shape index (κ3) is 9.38. The molecule has 2 aliphatic rings. The monoisotopic (exact) mass is 739 g/mol. The Morgan fingerprint density at radius 2 is 1.81 bits per heavy atom. The van der Waals surface area contributed by atoms with Gasteiger partial charge >= 0.3 is 0 Å². The van der Waals surface area contributed by atoms with Gasteiger partial charge in [-0.2, -0.15) is 10.2 Å². The second kappa shape index (κ2) is 17.3. The molecule has 1 N–H and O–H groups in total. The number of ether oxygens (including phenoxy) is 3. The Labute approximate surface area is 318 Å². The number of imidazole rings is 1. The number of halogens is 1. The van der Waals surface area contributed by atoms with Crippen molar-refractivity contribution in [2.24, 2.45) is 0 Å². The molecule has 2 fully saturated rings. The van der Waals surface area contributed by atoms with Crippen LogP contribution in [0.5, 0.6) is 5.88 Å². The summed E-state index contributed by atoms with van der Waals surface area (Å²) in [7, 11) is 0. The van der Waals surface area contributed by atoms with Crippen molar-refractivity contribution in [3.05, 3.63) is 82.9 Å². The van der Waals surface area contributed by atoms with E-state index in [1.165, 1.54) is 6.07 Å². The van der Waals surface area contributed by atoms with E-state index < -0.39 is 11.4 Å². The lowest BCUT2D eigenvalue weighted by atomic mass is 9.93. The number of carbonyl (C=O) groups excluding carboxylic acids is 1. The lowest BCUT2D eigenvalue weighted by molar-refractivity contribution is -0.0592. The van der Waals surface area contributed by atoms with Gasteiger partial charge in [-0.25, -0.2) is 9.37 Å². The molecule has 0 saturated carbocycles. The van der Waals surface area contributed by atoms with Crippen molar-refractivity contribution >= 4 is 22.8 Å². The van der Waals surface area contributed by atoms with Crippen LogP contribution in [-0.4, -0.2) is 82.0 Å². The Balaban J connectivity index is 1.09. The van der Waals surface area contributed by atoms with Gasteiger partial charge < -0.3 is 29.0 Å². The Morgan fingerprint density at radius 3 is 2.48 bits per heavy atom. The number of hydrogen-bond donors (Lipinski definition) is 1. The number of nitrogens with zero attached hydrogens (tertiary/aromatic N) is 6. The summed E-state index contributed by atoms with van der Waals surface area (Å²) in [5.74, 6) is 1.61. The number of piperazine rings is 1. The van der Waals surface area contributed by atoms with Gasteiger partial charge in [0, 0.05) is 62.1 Å². The number of rotatable bonds is 17. The zero-order valence-electron chi connectivity index (χ0n) is 32.4. The number of benzene rings is 2. The van der Waals surface area contributed by atoms with Crippen molar-refractivity contribution in [1.29, 1.82) is 5.26 Å². The van der Waals surface area contributed by atoms with E-state index >= 15 is 0 Å². The molecule has 2 aromatic carbocycles. The molecule has 1 unspecified atom stereocenters. The van der Waals surface area contributed by atoms with Crippen molar-refractivity contribution in [3.63, 3.8) is 0 Å². The number of fused-ring (bicyclic) bond motifs is 1. The minimum Gasteiger partial charge on any atom is -0.473 e. The number of amides is 1. The standard InChI is InChI=1S/C42H54FN7O4/c1-6-41(4,17-23-54-42(5,7-2)8-3)47-40(51)31-14-15-35-36(25-31)50(27-33-16-22-52-33)38(45-35)28-48-18-20-49(21-19-48)37-10-9-11-39(46-37)53-29-32-13-12-30(26-44)24-34(32)43/h9-15,24-25,33H,6-8,16-23,27-29H2,1-5H3,(H,47,51)/t33-,41?/m0/s1. The topological polar surface area (TPSA) is 118 Å². The zero-order chi connectivity index (χ0) is 38.3. The van der Waals surface area contributed by atoms with E-state index in [0.717, 1.165) is 87.6 Å². The molecular formula is C42H54FN7O4. The van der Waals surface area contributed by atoms with Gasteiger partial charge in [-0.1, -0.05) is 32.9 Å². The first-order chi connectivity index (χ1) is 26.0. The Morgan fingerprint density at radius 1 is 1.04 bits per heavy atom. The number of carbonyl (C=O) groups is 1. The van der Waals surface area contributed by atoms with Gasteiger partial charge in [-0.05, 0) is 82.3 Å². The number of hydrogen-bond acceptors (Lipinski definition) is 9. The molecule has 4 heterocycles. The largest absolute Gasteiger partial charge is 0.473 e. The molecule has 6 rings (SSSR count). The van der Waals surface area contributed by atoms with Crippen LogP contribution in [0.25, 0.3) is 11.0 Å². The van der Waals surface area contributed by atoms with Crippen LogP contribution in [0.1, 0.15) is 94.0 Å². The average molecular weight is 740 g/mol. The van der Waals surface area contributed by atoms with Gasteiger partial charge in [0.25, 0.3) is 5.91 Å². The number of pyridine rings is 1. The van der Waals surface area contributed by atoms with Crippen LogP contribution in [0.4, 0.5) is 10.2 Å². The van der Waals surface area contributed by atoms with Crippen LogP contribution >= 0.6 is 0 Å². The third-order valence-electron chi connectivity index (χ3n) is 11.4. The van der Waals surface area contributed by atoms with Crippen molar-refractivity contribution in [2.45, 2.75) is 104 Å². The van der Waals surface area contributed by atoms with Gasteiger partial charge in [0.15, 0.2) is 0 Å². The van der Waals surface area contributed by atoms with Crippen LogP contribution in [-0.2, 0) is 29.2 Å². The summed E-state index contributed by atoms with van der Waals surface area (Å²) in [5, 5.41) is 12.3. The van der Waals surface area contributed by atoms with Gasteiger partial charge in [0.05, 0.1) is 47.5 Å². The Hall–Kier alpha value is -4.57. The van der Waals surface area contributed by atoms with Gasteiger partial charge in [-0.15, -0.1) is 0 Å². The highest BCUT2D eigenvalue weighted by Crippen LogP contribution is 2.27. The number of aromatic nitrogens is 3. The van der Waals surface area contributed by atoms with E-state index in [2.05, 4.69) is 54.3 Å². The van der Waals surface area contributed by atoms with Gasteiger partial charge in [-0.3, -0.25) is 9.69 Å². The SMILES string of the molecule is CCC(C)(CCOC(C)(CC)CC)NC(=O)c1ccc2nc(CN3CCN(c4cccc(OCc5ccc(C#N)cc5F)n4)CC3)n(C[C@@H]3CCO3)c2c1. The third-order valence-corrected chi connectivity index (χ3v) is 11.4. The van der Waals surface area contributed by atoms with E-state index in [1.807, 2.05) is 36.4 Å². The maximum Gasteiger partial charge on any atom is 0.251 e. The number of anilines is 1. The van der Waals surface area contributed by atoms with Crippen LogP contribution in [0, 0.1) is 17.1 Å². The molecule has 2 atom stereocenters.